The van der Waals surface area contributed by atoms with Crippen molar-refractivity contribution in [1.82, 2.24) is 10.2 Å². The molecule has 0 spiro atoms. The molecule has 0 saturated carbocycles. The molecule has 1 unspecified atom stereocenters. The highest BCUT2D eigenvalue weighted by Crippen LogP contribution is 2.16. The van der Waals surface area contributed by atoms with Gasteiger partial charge in [-0.25, -0.2) is 0 Å². The second kappa shape index (κ2) is 7.84. The summed E-state index contributed by atoms with van der Waals surface area (Å²) in [6.45, 7) is 0.643. The molecule has 18 heavy (non-hydrogen) atoms. The van der Waals surface area contributed by atoms with Gasteiger partial charge in [0.15, 0.2) is 0 Å². The molecule has 1 atom stereocenters. The number of aliphatic hydroxyl groups excluding tert-OH is 1. The van der Waals surface area contributed by atoms with Gasteiger partial charge >= 0.3 is 0 Å². The Balaban J connectivity index is 2.52. The molecular formula is C14H22N2O2. The Labute approximate surface area is 109 Å². The second-order valence-corrected chi connectivity index (χ2v) is 4.52. The zero-order valence-corrected chi connectivity index (χ0v) is 11.1. The topological polar surface area (TPSA) is 52.6 Å². The molecule has 0 aliphatic carbocycles. The number of hydrogen-bond acceptors (Lipinski definition) is 3. The van der Waals surface area contributed by atoms with Gasteiger partial charge < -0.3 is 15.3 Å². The van der Waals surface area contributed by atoms with Crippen LogP contribution >= 0.6 is 0 Å². The Kier molecular flexibility index (Phi) is 6.39. The van der Waals surface area contributed by atoms with Crippen LogP contribution in [0, 0.1) is 0 Å². The number of aliphatic hydroxyl groups is 1. The molecule has 0 saturated heterocycles. The first kappa shape index (κ1) is 14.7. The van der Waals surface area contributed by atoms with E-state index in [2.05, 4.69) is 22.3 Å². The fourth-order valence-corrected chi connectivity index (χ4v) is 1.81. The number of hydrogen-bond donors (Lipinski definition) is 2. The van der Waals surface area contributed by atoms with Crippen LogP contribution in [0.2, 0.25) is 0 Å². The van der Waals surface area contributed by atoms with Crippen molar-refractivity contribution in [3.63, 3.8) is 0 Å². The summed E-state index contributed by atoms with van der Waals surface area (Å²) in [7, 11) is 4.00. The van der Waals surface area contributed by atoms with Gasteiger partial charge in [0.05, 0.1) is 6.04 Å². The summed E-state index contributed by atoms with van der Waals surface area (Å²) in [5, 5.41) is 11.6. The average Bonchev–Trinajstić information content (AvgIpc) is 2.37. The third-order valence-electron chi connectivity index (χ3n) is 2.86. The van der Waals surface area contributed by atoms with Crippen molar-refractivity contribution in [2.24, 2.45) is 0 Å². The fraction of sp³-hybridized carbons (Fsp3) is 0.500. The van der Waals surface area contributed by atoms with E-state index < -0.39 is 0 Å². The van der Waals surface area contributed by atoms with Crippen LogP contribution < -0.4 is 5.32 Å². The van der Waals surface area contributed by atoms with E-state index in [0.717, 1.165) is 0 Å². The van der Waals surface area contributed by atoms with E-state index in [-0.39, 0.29) is 18.6 Å². The van der Waals surface area contributed by atoms with Crippen molar-refractivity contribution in [1.29, 1.82) is 0 Å². The van der Waals surface area contributed by atoms with Crippen molar-refractivity contribution in [2.75, 3.05) is 27.2 Å². The fourth-order valence-electron chi connectivity index (χ4n) is 1.81. The molecule has 1 aromatic rings. The summed E-state index contributed by atoms with van der Waals surface area (Å²) in [5.41, 5.74) is 1.19. The minimum Gasteiger partial charge on any atom is -0.396 e. The molecule has 0 fully saturated rings. The smallest absolute Gasteiger partial charge is 0.220 e. The van der Waals surface area contributed by atoms with Gasteiger partial charge in [-0.05, 0) is 26.1 Å². The van der Waals surface area contributed by atoms with Crippen LogP contribution in [0.1, 0.15) is 24.4 Å². The van der Waals surface area contributed by atoms with Gasteiger partial charge in [-0.1, -0.05) is 30.3 Å². The molecule has 4 nitrogen and oxygen atoms in total. The third-order valence-corrected chi connectivity index (χ3v) is 2.86. The molecule has 1 aromatic carbocycles. The molecular weight excluding hydrogens is 228 g/mol. The second-order valence-electron chi connectivity index (χ2n) is 4.52. The first-order chi connectivity index (χ1) is 8.65. The molecule has 0 radical (unpaired) electrons. The van der Waals surface area contributed by atoms with E-state index >= 15 is 0 Å². The maximum Gasteiger partial charge on any atom is 0.220 e. The van der Waals surface area contributed by atoms with Crippen LogP contribution in [0.15, 0.2) is 30.3 Å². The first-order valence-electron chi connectivity index (χ1n) is 6.24. The van der Waals surface area contributed by atoms with E-state index in [1.165, 1.54) is 5.56 Å². The summed E-state index contributed by atoms with van der Waals surface area (Å²) in [4.78, 5) is 13.6. The molecule has 0 bridgehead atoms. The largest absolute Gasteiger partial charge is 0.396 e. The molecule has 4 heteroatoms. The minimum absolute atomic E-state index is 0.00756. The maximum absolute atomic E-state index is 11.5. The highest BCUT2D eigenvalue weighted by Gasteiger charge is 2.14. The molecule has 0 aliphatic heterocycles. The van der Waals surface area contributed by atoms with Gasteiger partial charge in [0.25, 0.3) is 0 Å². The van der Waals surface area contributed by atoms with E-state index in [9.17, 15) is 4.79 Å². The summed E-state index contributed by atoms with van der Waals surface area (Å²) >= 11 is 0. The van der Waals surface area contributed by atoms with E-state index in [1.54, 1.807) is 0 Å². The lowest BCUT2D eigenvalue weighted by atomic mass is 10.1. The molecule has 0 heterocycles. The van der Waals surface area contributed by atoms with Gasteiger partial charge in [0, 0.05) is 19.6 Å². The quantitative estimate of drug-likeness (QED) is 0.764. The maximum atomic E-state index is 11.5. The van der Waals surface area contributed by atoms with Gasteiger partial charge in [0.1, 0.15) is 0 Å². The zero-order valence-electron chi connectivity index (χ0n) is 11.1. The number of nitrogens with one attached hydrogen (secondary N) is 1. The Morgan fingerprint density at radius 2 is 2.00 bits per heavy atom. The monoisotopic (exact) mass is 250 g/mol. The van der Waals surface area contributed by atoms with Crippen LogP contribution in [0.3, 0.4) is 0 Å². The summed E-state index contributed by atoms with van der Waals surface area (Å²) in [5.74, 6) is -0.00756. The lowest BCUT2D eigenvalue weighted by Gasteiger charge is -2.25. The Hall–Kier alpha value is -1.39. The van der Waals surface area contributed by atoms with Crippen LogP contribution in [0.25, 0.3) is 0 Å². The molecule has 0 aliphatic rings. The standard InChI is InChI=1S/C14H22N2O2/c1-16(2)13(12-7-4-3-5-8-12)11-15-14(18)9-6-10-17/h3-5,7-8,13,17H,6,9-11H2,1-2H3,(H,15,18). The van der Waals surface area contributed by atoms with Crippen molar-refractivity contribution in [3.05, 3.63) is 35.9 Å². The SMILES string of the molecule is CN(C)C(CNC(=O)CCCO)c1ccccc1. The number of carbonyl (C=O) groups excluding carboxylic acids is 1. The number of benzene rings is 1. The summed E-state index contributed by atoms with van der Waals surface area (Å²) < 4.78 is 0. The number of rotatable bonds is 7. The van der Waals surface area contributed by atoms with Crippen molar-refractivity contribution < 1.29 is 9.90 Å². The minimum atomic E-state index is -0.00756. The Bertz CT molecular complexity index is 352. The number of amides is 1. The van der Waals surface area contributed by atoms with Crippen LogP contribution in [-0.4, -0.2) is 43.2 Å². The summed E-state index contributed by atoms with van der Waals surface area (Å²) in [6, 6.07) is 10.3. The van der Waals surface area contributed by atoms with Crippen molar-refractivity contribution in [2.45, 2.75) is 18.9 Å². The highest BCUT2D eigenvalue weighted by atomic mass is 16.3. The van der Waals surface area contributed by atoms with E-state index in [0.29, 0.717) is 19.4 Å². The van der Waals surface area contributed by atoms with Gasteiger partial charge in [0.2, 0.25) is 5.91 Å². The van der Waals surface area contributed by atoms with Crippen LogP contribution in [0.4, 0.5) is 0 Å². The lowest BCUT2D eigenvalue weighted by Crippen LogP contribution is -2.34. The molecule has 100 valence electrons. The zero-order chi connectivity index (χ0) is 13.4. The van der Waals surface area contributed by atoms with Crippen LogP contribution in [-0.2, 0) is 4.79 Å². The van der Waals surface area contributed by atoms with Crippen LogP contribution in [0.5, 0.6) is 0 Å². The van der Waals surface area contributed by atoms with Crippen molar-refractivity contribution in [3.8, 4) is 0 Å². The Morgan fingerprint density at radius 3 is 2.56 bits per heavy atom. The van der Waals surface area contributed by atoms with Gasteiger partial charge in [-0.15, -0.1) is 0 Å². The molecule has 2 N–H and O–H groups in total. The predicted molar refractivity (Wildman–Crippen MR) is 72.2 cm³/mol. The third kappa shape index (κ3) is 4.85. The number of likely N-dealkylation sites (N-methyl/N-ethyl adjacent to an activating group) is 1. The molecule has 0 aromatic heterocycles. The molecule has 1 rings (SSSR count). The number of carbonyl (C=O) groups is 1. The summed E-state index contributed by atoms with van der Waals surface area (Å²) in [6.07, 6.45) is 0.898. The molecule has 1 amide bonds. The van der Waals surface area contributed by atoms with E-state index in [4.69, 9.17) is 5.11 Å². The van der Waals surface area contributed by atoms with Gasteiger partial charge in [-0.2, -0.15) is 0 Å². The first-order valence-corrected chi connectivity index (χ1v) is 6.24. The average molecular weight is 250 g/mol. The van der Waals surface area contributed by atoms with E-state index in [1.807, 2.05) is 32.3 Å². The predicted octanol–water partition coefficient (Wildman–Crippen LogP) is 1.18. The van der Waals surface area contributed by atoms with Crippen molar-refractivity contribution >= 4 is 5.91 Å². The number of nitrogens with zero attached hydrogens (tertiary/aromatic N) is 1. The highest BCUT2D eigenvalue weighted by molar-refractivity contribution is 5.75. The van der Waals surface area contributed by atoms with Gasteiger partial charge in [-0.3, -0.25) is 4.79 Å². The normalized spacial score (nSPS) is 12.4. The lowest BCUT2D eigenvalue weighted by molar-refractivity contribution is -0.121. The Morgan fingerprint density at radius 1 is 1.33 bits per heavy atom.